The molecule has 5 aliphatic rings. The number of ketones is 1. The monoisotopic (exact) mass is 645 g/mol. The van der Waals surface area contributed by atoms with E-state index in [-0.39, 0.29) is 35.6 Å². The number of allylic oxidation sites excluding steroid dienone is 1. The number of rotatable bonds is 11. The van der Waals surface area contributed by atoms with Gasteiger partial charge in [0.05, 0.1) is 32.3 Å². The van der Waals surface area contributed by atoms with Crippen molar-refractivity contribution in [2.75, 3.05) is 39.5 Å². The van der Waals surface area contributed by atoms with E-state index in [4.69, 9.17) is 14.2 Å². The third kappa shape index (κ3) is 5.12. The number of nitrogens with one attached hydrogen (secondary N) is 1. The Morgan fingerprint density at radius 1 is 1.11 bits per heavy atom. The van der Waals surface area contributed by atoms with Crippen LogP contribution in [0.4, 0.5) is 0 Å². The molecule has 0 unspecified atom stereocenters. The average molecular weight is 646 g/mol. The maximum atomic E-state index is 14.8. The molecule has 11 atom stereocenters. The molecule has 1 heterocycles. The molecule has 5 rings (SSSR count). The number of carboxylic acid groups (broad SMARTS) is 1. The van der Waals surface area contributed by atoms with Gasteiger partial charge in [-0.25, -0.2) is 0 Å². The zero-order valence-electron chi connectivity index (χ0n) is 29.7. The highest BCUT2D eigenvalue weighted by Gasteiger charge is 2.74. The molecule has 4 fully saturated rings. The molecule has 0 aromatic rings. The molecule has 260 valence electrons. The van der Waals surface area contributed by atoms with E-state index >= 15 is 0 Å². The molecule has 0 amide bonds. The lowest BCUT2D eigenvalue weighted by Crippen LogP contribution is -2.71. The van der Waals surface area contributed by atoms with Crippen LogP contribution in [0.2, 0.25) is 0 Å². The van der Waals surface area contributed by atoms with E-state index in [2.05, 4.69) is 52.6 Å². The fourth-order valence-corrected chi connectivity index (χ4v) is 11.6. The highest BCUT2D eigenvalue weighted by Crippen LogP contribution is 2.74. The normalized spacial score (nSPS) is 44.0. The van der Waals surface area contributed by atoms with Crippen LogP contribution in [-0.2, 0) is 28.6 Å². The minimum Gasteiger partial charge on any atom is -0.481 e. The summed E-state index contributed by atoms with van der Waals surface area (Å²) in [5.41, 5.74) is 2.05. The van der Waals surface area contributed by atoms with Crippen molar-refractivity contribution in [3.05, 3.63) is 11.6 Å². The summed E-state index contributed by atoms with van der Waals surface area (Å²) < 4.78 is 19.2. The number of esters is 1. The number of hydrogen-bond acceptors (Lipinski definition) is 7. The summed E-state index contributed by atoms with van der Waals surface area (Å²) in [5, 5.41) is 14.3. The van der Waals surface area contributed by atoms with Gasteiger partial charge < -0.3 is 30.4 Å². The molecule has 0 radical (unpaired) electrons. The number of carbonyl (C=O) groups is 3. The number of carboxylic acids is 1. The molecule has 1 saturated heterocycles. The number of ether oxygens (including phenoxy) is 3. The zero-order valence-corrected chi connectivity index (χ0v) is 29.7. The third-order valence-electron chi connectivity index (χ3n) is 14.4. The van der Waals surface area contributed by atoms with Gasteiger partial charge in [-0.3, -0.25) is 14.4 Å². The topological polar surface area (TPSA) is 139 Å². The summed E-state index contributed by atoms with van der Waals surface area (Å²) in [4.78, 5) is 40.6. The van der Waals surface area contributed by atoms with Crippen LogP contribution in [0.5, 0.6) is 0 Å². The molecule has 3 saturated carbocycles. The second kappa shape index (κ2) is 12.6. The Kier molecular flexibility index (Phi) is 9.70. The van der Waals surface area contributed by atoms with Gasteiger partial charge in [0, 0.05) is 42.7 Å². The van der Waals surface area contributed by atoms with Crippen molar-refractivity contribution in [2.45, 2.75) is 106 Å². The first-order chi connectivity index (χ1) is 21.5. The number of fused-ring (bicyclic) bond motifs is 3. The largest absolute Gasteiger partial charge is 0.481 e. The SMILES string of the molecule is CC(=O)O[C@@H]1C[C@@]23COC[C@@](C)([C@@H]2CC[C@H]2C3=CC(=O)[C@@]3(C)[C@H](C(=O)O)[C@@](C)([C@H](C)C(C)C)CC[C@]23C)[C@H]1OCCNCCC[NH3+]. The van der Waals surface area contributed by atoms with E-state index in [1.807, 2.05) is 13.0 Å². The summed E-state index contributed by atoms with van der Waals surface area (Å²) in [5.74, 6) is -1.35. The predicted molar refractivity (Wildman–Crippen MR) is 174 cm³/mol. The van der Waals surface area contributed by atoms with Crippen molar-refractivity contribution in [3.63, 3.8) is 0 Å². The van der Waals surface area contributed by atoms with E-state index < -0.39 is 45.1 Å². The van der Waals surface area contributed by atoms with Gasteiger partial charge in [0.15, 0.2) is 5.78 Å². The van der Waals surface area contributed by atoms with Crippen LogP contribution in [0.15, 0.2) is 11.6 Å². The second-order valence-electron chi connectivity index (χ2n) is 16.8. The Morgan fingerprint density at radius 3 is 2.46 bits per heavy atom. The number of aliphatic carboxylic acids is 1. The molecular formula is C37H61N2O7+. The summed E-state index contributed by atoms with van der Waals surface area (Å²) in [7, 11) is 0. The van der Waals surface area contributed by atoms with E-state index in [1.165, 1.54) is 6.92 Å². The van der Waals surface area contributed by atoms with Gasteiger partial charge >= 0.3 is 11.9 Å². The fraction of sp³-hybridized carbons (Fsp3) is 0.865. The van der Waals surface area contributed by atoms with Crippen LogP contribution in [0.1, 0.15) is 93.9 Å². The summed E-state index contributed by atoms with van der Waals surface area (Å²) >= 11 is 0. The number of quaternary nitrogens is 1. The molecule has 9 nitrogen and oxygen atoms in total. The number of carbonyl (C=O) groups excluding carboxylic acids is 2. The van der Waals surface area contributed by atoms with Crippen LogP contribution < -0.4 is 11.1 Å². The quantitative estimate of drug-likeness (QED) is 0.224. The summed E-state index contributed by atoms with van der Waals surface area (Å²) in [6, 6.07) is 0. The van der Waals surface area contributed by atoms with E-state index in [0.717, 1.165) is 50.8 Å². The lowest BCUT2D eigenvalue weighted by Gasteiger charge is -2.70. The fourth-order valence-electron chi connectivity index (χ4n) is 11.6. The van der Waals surface area contributed by atoms with Gasteiger partial charge in [-0.15, -0.1) is 0 Å². The number of hydrogen-bond donors (Lipinski definition) is 3. The first-order valence-corrected chi connectivity index (χ1v) is 17.9. The van der Waals surface area contributed by atoms with Crippen molar-refractivity contribution >= 4 is 17.7 Å². The molecule has 2 bridgehead atoms. The minimum atomic E-state index is -1.04. The average Bonchev–Trinajstić information content (AvgIpc) is 2.97. The molecule has 4 aliphatic carbocycles. The van der Waals surface area contributed by atoms with Crippen LogP contribution >= 0.6 is 0 Å². The van der Waals surface area contributed by atoms with Crippen molar-refractivity contribution in [1.29, 1.82) is 0 Å². The van der Waals surface area contributed by atoms with E-state index in [9.17, 15) is 19.5 Å². The molecule has 1 aliphatic heterocycles. The molecular weight excluding hydrogens is 584 g/mol. The van der Waals surface area contributed by atoms with Crippen molar-refractivity contribution in [2.24, 2.45) is 56.7 Å². The van der Waals surface area contributed by atoms with Gasteiger partial charge in [0.25, 0.3) is 0 Å². The van der Waals surface area contributed by atoms with Crippen LogP contribution in [0, 0.1) is 56.7 Å². The van der Waals surface area contributed by atoms with Gasteiger partial charge in [-0.1, -0.05) is 54.0 Å². The molecule has 9 heteroatoms. The standard InChI is InChI=1S/C37H60N2O7/c1-22(2)23(3)33(5)12-13-35(7)25-10-11-28-34(6)20-44-21-37(28,26(25)18-29(41)36(35,8)30(33)32(42)43)19-27(46-24(4)40)31(34)45-17-16-39-15-9-14-38/h18,22-23,25,27-28,30-31,39H,9-17,19-21,38H2,1-8H3,(H,42,43)/p+1/t23-,25+,27-,28+,30-,31+,33-,34+,35-,36+,37+/m1/s1. The van der Waals surface area contributed by atoms with E-state index in [0.29, 0.717) is 38.7 Å². The smallest absolute Gasteiger partial charge is 0.308 e. The van der Waals surface area contributed by atoms with Gasteiger partial charge in [0.1, 0.15) is 12.2 Å². The van der Waals surface area contributed by atoms with Crippen molar-refractivity contribution in [3.8, 4) is 0 Å². The second-order valence-corrected chi connectivity index (χ2v) is 16.8. The third-order valence-corrected chi connectivity index (χ3v) is 14.4. The maximum Gasteiger partial charge on any atom is 0.308 e. The maximum absolute atomic E-state index is 14.8. The lowest BCUT2D eigenvalue weighted by molar-refractivity contribution is -0.367. The predicted octanol–water partition coefficient (Wildman–Crippen LogP) is 4.29. The molecule has 0 aromatic heterocycles. The van der Waals surface area contributed by atoms with Crippen LogP contribution in [0.25, 0.3) is 0 Å². The van der Waals surface area contributed by atoms with E-state index in [1.54, 1.807) is 0 Å². The minimum absolute atomic E-state index is 0.0471. The summed E-state index contributed by atoms with van der Waals surface area (Å²) in [6.45, 7) is 20.4. The highest BCUT2D eigenvalue weighted by atomic mass is 16.6. The highest BCUT2D eigenvalue weighted by molar-refractivity contribution is 6.00. The Balaban J connectivity index is 1.55. The van der Waals surface area contributed by atoms with Crippen molar-refractivity contribution in [1.82, 2.24) is 5.32 Å². The first-order valence-electron chi connectivity index (χ1n) is 17.9. The lowest BCUT2D eigenvalue weighted by atomic mass is 9.34. The Labute approximate surface area is 276 Å². The zero-order chi connectivity index (χ0) is 33.9. The van der Waals surface area contributed by atoms with Crippen LogP contribution in [-0.4, -0.2) is 74.5 Å². The Bertz CT molecular complexity index is 1240. The van der Waals surface area contributed by atoms with Gasteiger partial charge in [0.2, 0.25) is 0 Å². The van der Waals surface area contributed by atoms with Gasteiger partial charge in [-0.2, -0.15) is 0 Å². The molecule has 5 N–H and O–H groups in total. The molecule has 0 aromatic carbocycles. The van der Waals surface area contributed by atoms with Gasteiger partial charge in [-0.05, 0) is 72.7 Å². The Morgan fingerprint density at radius 2 is 1.83 bits per heavy atom. The molecule has 46 heavy (non-hydrogen) atoms. The Hall–Kier alpha value is -1.81. The summed E-state index contributed by atoms with van der Waals surface area (Å²) in [6.07, 6.45) is 6.01. The first kappa shape index (κ1) is 35.5. The van der Waals surface area contributed by atoms with Crippen LogP contribution in [0.3, 0.4) is 0 Å². The molecule has 0 spiro atoms. The van der Waals surface area contributed by atoms with Crippen molar-refractivity contribution < 1.29 is 39.4 Å².